The number of anilines is 2. The Morgan fingerprint density at radius 1 is 0.967 bits per heavy atom. The molecule has 1 aliphatic heterocycles. The SMILES string of the molecule is Cc1ccc(CN2CC(C(=O)Nc3ccc(NC(=O)NC4CC4)cc3)CC2=O)cc1. The van der Waals surface area contributed by atoms with Crippen LogP contribution in [0.3, 0.4) is 0 Å². The number of nitrogens with one attached hydrogen (secondary N) is 3. The van der Waals surface area contributed by atoms with E-state index in [9.17, 15) is 14.4 Å². The predicted octanol–water partition coefficient (Wildman–Crippen LogP) is 3.27. The summed E-state index contributed by atoms with van der Waals surface area (Å²) in [5, 5.41) is 8.50. The van der Waals surface area contributed by atoms with Crippen molar-refractivity contribution < 1.29 is 14.4 Å². The number of benzene rings is 2. The summed E-state index contributed by atoms with van der Waals surface area (Å²) in [6.07, 6.45) is 2.29. The van der Waals surface area contributed by atoms with Crippen LogP contribution in [0.5, 0.6) is 0 Å². The molecule has 3 N–H and O–H groups in total. The Labute approximate surface area is 175 Å². The Kier molecular flexibility index (Phi) is 5.70. The van der Waals surface area contributed by atoms with Crippen LogP contribution >= 0.6 is 0 Å². The minimum Gasteiger partial charge on any atom is -0.338 e. The normalized spacial score (nSPS) is 18.2. The van der Waals surface area contributed by atoms with Crippen molar-refractivity contribution >= 4 is 29.2 Å². The number of hydrogen-bond acceptors (Lipinski definition) is 3. The van der Waals surface area contributed by atoms with Crippen LogP contribution in [-0.4, -0.2) is 35.3 Å². The molecule has 1 saturated heterocycles. The first-order valence-corrected chi connectivity index (χ1v) is 10.3. The van der Waals surface area contributed by atoms with E-state index >= 15 is 0 Å². The number of rotatable bonds is 6. The van der Waals surface area contributed by atoms with Crippen LogP contribution in [0.25, 0.3) is 0 Å². The molecule has 0 bridgehead atoms. The first-order chi connectivity index (χ1) is 14.5. The van der Waals surface area contributed by atoms with E-state index in [0.717, 1.165) is 18.4 Å². The maximum absolute atomic E-state index is 12.6. The van der Waals surface area contributed by atoms with Gasteiger partial charge in [0.2, 0.25) is 11.8 Å². The lowest BCUT2D eigenvalue weighted by molar-refractivity contribution is -0.128. The highest BCUT2D eigenvalue weighted by atomic mass is 16.2. The highest BCUT2D eigenvalue weighted by molar-refractivity contribution is 5.97. The molecule has 1 saturated carbocycles. The fourth-order valence-corrected chi connectivity index (χ4v) is 3.48. The molecule has 1 unspecified atom stereocenters. The van der Waals surface area contributed by atoms with Crippen molar-refractivity contribution in [2.45, 2.75) is 38.8 Å². The van der Waals surface area contributed by atoms with Gasteiger partial charge in [-0.15, -0.1) is 0 Å². The van der Waals surface area contributed by atoms with Gasteiger partial charge in [-0.1, -0.05) is 29.8 Å². The van der Waals surface area contributed by atoms with Crippen LogP contribution in [0.1, 0.15) is 30.4 Å². The fraction of sp³-hybridized carbons (Fsp3) is 0.348. The summed E-state index contributed by atoms with van der Waals surface area (Å²) in [4.78, 5) is 38.5. The minimum absolute atomic E-state index is 0.00283. The van der Waals surface area contributed by atoms with E-state index in [2.05, 4.69) is 16.0 Å². The molecular weight excluding hydrogens is 380 g/mol. The summed E-state index contributed by atoms with van der Waals surface area (Å²) >= 11 is 0. The Hall–Kier alpha value is -3.35. The second kappa shape index (κ2) is 8.57. The zero-order valence-corrected chi connectivity index (χ0v) is 17.0. The number of aryl methyl sites for hydroxylation is 1. The van der Waals surface area contributed by atoms with E-state index in [1.165, 1.54) is 5.56 Å². The standard InChI is InChI=1S/C23H26N4O3/c1-15-2-4-16(5-3-15)13-27-14-17(12-21(27)28)22(29)24-18-6-8-19(9-7-18)25-23(30)26-20-10-11-20/h2-9,17,20H,10-14H2,1H3,(H,24,29)(H2,25,26,30). The van der Waals surface area contributed by atoms with Crippen LogP contribution < -0.4 is 16.0 Å². The van der Waals surface area contributed by atoms with E-state index in [4.69, 9.17) is 0 Å². The molecule has 4 amide bonds. The third-order valence-electron chi connectivity index (χ3n) is 5.40. The van der Waals surface area contributed by atoms with Crippen molar-refractivity contribution in [2.75, 3.05) is 17.2 Å². The molecule has 1 atom stereocenters. The van der Waals surface area contributed by atoms with Gasteiger partial charge in [0.1, 0.15) is 0 Å². The van der Waals surface area contributed by atoms with Crippen LogP contribution in [0.4, 0.5) is 16.2 Å². The number of amides is 4. The maximum Gasteiger partial charge on any atom is 0.319 e. The molecule has 1 heterocycles. The topological polar surface area (TPSA) is 90.5 Å². The van der Waals surface area contributed by atoms with Crippen molar-refractivity contribution in [1.82, 2.24) is 10.2 Å². The van der Waals surface area contributed by atoms with Crippen LogP contribution in [0, 0.1) is 12.8 Å². The molecule has 2 aromatic carbocycles. The summed E-state index contributed by atoms with van der Waals surface area (Å²) in [6.45, 7) is 2.96. The van der Waals surface area contributed by atoms with Gasteiger partial charge in [0, 0.05) is 36.9 Å². The highest BCUT2D eigenvalue weighted by Gasteiger charge is 2.34. The molecule has 4 rings (SSSR count). The second-order valence-corrected chi connectivity index (χ2v) is 8.10. The summed E-state index contributed by atoms with van der Waals surface area (Å²) in [6, 6.07) is 15.1. The van der Waals surface area contributed by atoms with Crippen molar-refractivity contribution in [3.63, 3.8) is 0 Å². The first-order valence-electron chi connectivity index (χ1n) is 10.3. The lowest BCUT2D eigenvalue weighted by Gasteiger charge is -2.17. The van der Waals surface area contributed by atoms with Crippen LogP contribution in [0.15, 0.2) is 48.5 Å². The summed E-state index contributed by atoms with van der Waals surface area (Å²) in [7, 11) is 0. The van der Waals surface area contributed by atoms with Gasteiger partial charge in [-0.3, -0.25) is 9.59 Å². The Morgan fingerprint density at radius 2 is 1.60 bits per heavy atom. The zero-order valence-electron chi connectivity index (χ0n) is 17.0. The second-order valence-electron chi connectivity index (χ2n) is 8.10. The molecule has 0 spiro atoms. The van der Waals surface area contributed by atoms with Gasteiger partial charge in [0.05, 0.1) is 5.92 Å². The van der Waals surface area contributed by atoms with E-state index in [-0.39, 0.29) is 30.2 Å². The average molecular weight is 406 g/mol. The number of nitrogens with zero attached hydrogens (tertiary/aromatic N) is 1. The van der Waals surface area contributed by atoms with Crippen molar-refractivity contribution in [3.8, 4) is 0 Å². The largest absolute Gasteiger partial charge is 0.338 e. The monoisotopic (exact) mass is 406 g/mol. The lowest BCUT2D eigenvalue weighted by Crippen LogP contribution is -2.30. The van der Waals surface area contributed by atoms with Crippen LogP contribution in [-0.2, 0) is 16.1 Å². The highest BCUT2D eigenvalue weighted by Crippen LogP contribution is 2.23. The van der Waals surface area contributed by atoms with Gasteiger partial charge in [-0.2, -0.15) is 0 Å². The molecule has 7 nitrogen and oxygen atoms in total. The predicted molar refractivity (Wildman–Crippen MR) is 115 cm³/mol. The molecule has 2 aromatic rings. The summed E-state index contributed by atoms with van der Waals surface area (Å²) in [5.74, 6) is -0.538. The summed E-state index contributed by atoms with van der Waals surface area (Å²) in [5.41, 5.74) is 3.53. The molecular formula is C23H26N4O3. The number of carbonyl (C=O) groups excluding carboxylic acids is 3. The quantitative estimate of drug-likeness (QED) is 0.688. The fourth-order valence-electron chi connectivity index (χ4n) is 3.48. The molecule has 0 radical (unpaired) electrons. The molecule has 1 aliphatic carbocycles. The van der Waals surface area contributed by atoms with Crippen molar-refractivity contribution in [3.05, 3.63) is 59.7 Å². The van der Waals surface area contributed by atoms with Gasteiger partial charge in [0.15, 0.2) is 0 Å². The van der Waals surface area contributed by atoms with Gasteiger partial charge in [-0.05, 0) is 49.6 Å². The number of urea groups is 1. The van der Waals surface area contributed by atoms with E-state index < -0.39 is 0 Å². The van der Waals surface area contributed by atoms with Gasteiger partial charge >= 0.3 is 6.03 Å². The smallest absolute Gasteiger partial charge is 0.319 e. The number of likely N-dealkylation sites (tertiary alicyclic amines) is 1. The average Bonchev–Trinajstić information content (AvgIpc) is 3.46. The van der Waals surface area contributed by atoms with Crippen molar-refractivity contribution in [2.24, 2.45) is 5.92 Å². The molecule has 2 aliphatic rings. The number of carbonyl (C=O) groups is 3. The molecule has 30 heavy (non-hydrogen) atoms. The van der Waals surface area contributed by atoms with Crippen LogP contribution in [0.2, 0.25) is 0 Å². The zero-order chi connectivity index (χ0) is 21.1. The summed E-state index contributed by atoms with van der Waals surface area (Å²) < 4.78 is 0. The van der Waals surface area contributed by atoms with Gasteiger partial charge < -0.3 is 20.9 Å². The van der Waals surface area contributed by atoms with Gasteiger partial charge in [-0.25, -0.2) is 4.79 Å². The Morgan fingerprint density at radius 3 is 2.23 bits per heavy atom. The van der Waals surface area contributed by atoms with Gasteiger partial charge in [0.25, 0.3) is 0 Å². The molecule has 7 heteroatoms. The van der Waals surface area contributed by atoms with E-state index in [0.29, 0.717) is 30.5 Å². The Bertz CT molecular complexity index is 936. The first kappa shape index (κ1) is 19.9. The number of hydrogen-bond donors (Lipinski definition) is 3. The molecule has 2 fully saturated rings. The van der Waals surface area contributed by atoms with Crippen molar-refractivity contribution in [1.29, 1.82) is 0 Å². The third-order valence-corrected chi connectivity index (χ3v) is 5.40. The third kappa shape index (κ3) is 5.17. The minimum atomic E-state index is -0.370. The van der Waals surface area contributed by atoms with E-state index in [1.54, 1.807) is 29.2 Å². The lowest BCUT2D eigenvalue weighted by atomic mass is 10.1. The molecule has 156 valence electrons. The Balaban J connectivity index is 1.28. The maximum atomic E-state index is 12.6. The van der Waals surface area contributed by atoms with E-state index in [1.807, 2.05) is 31.2 Å². The molecule has 0 aromatic heterocycles.